The molecule has 27 heavy (non-hydrogen) atoms. The lowest BCUT2D eigenvalue weighted by molar-refractivity contribution is -0.129. The van der Waals surface area contributed by atoms with Crippen LogP contribution in [-0.2, 0) is 4.79 Å². The summed E-state index contributed by atoms with van der Waals surface area (Å²) in [5, 5.41) is 3.34. The molecule has 0 spiro atoms. The zero-order valence-corrected chi connectivity index (χ0v) is 16.4. The molecule has 1 aromatic rings. The third kappa shape index (κ3) is 3.79. The van der Waals surface area contributed by atoms with Gasteiger partial charge in [-0.1, -0.05) is 26.3 Å². The quantitative estimate of drug-likeness (QED) is 0.849. The second-order valence-corrected chi connectivity index (χ2v) is 8.83. The van der Waals surface area contributed by atoms with Crippen LogP contribution < -0.4 is 20.5 Å². The van der Waals surface area contributed by atoms with Crippen molar-refractivity contribution >= 4 is 5.91 Å². The molecule has 1 amide bonds. The van der Waals surface area contributed by atoms with Gasteiger partial charge in [0.25, 0.3) is 0 Å². The van der Waals surface area contributed by atoms with E-state index in [0.717, 1.165) is 29.9 Å². The molecule has 3 atom stereocenters. The monoisotopic (exact) mass is 372 g/mol. The summed E-state index contributed by atoms with van der Waals surface area (Å²) in [6.07, 6.45) is 5.50. The zero-order chi connectivity index (χ0) is 19.0. The van der Waals surface area contributed by atoms with Crippen LogP contribution in [0.15, 0.2) is 18.2 Å². The minimum absolute atomic E-state index is 0.0243. The molecular formula is C22H32N2O3. The fourth-order valence-electron chi connectivity index (χ4n) is 5.16. The summed E-state index contributed by atoms with van der Waals surface area (Å²) in [4.78, 5) is 13.1. The standard InChI is InChI=1S/C22H32N2O3/c1-13(2)21(16-6-7-18-19(12-16)27-9-8-26-18)24-22(25)17-10-14-4-3-5-15(11-17)20(14)23/h6-7,12-15,17,20-21H,3-5,8-11,23H2,1-2H3,(H,24,25). The average Bonchev–Trinajstić information content (AvgIpc) is 2.65. The Morgan fingerprint density at radius 3 is 2.44 bits per heavy atom. The summed E-state index contributed by atoms with van der Waals surface area (Å²) in [5.74, 6) is 3.16. The van der Waals surface area contributed by atoms with E-state index in [0.29, 0.717) is 37.0 Å². The number of fused-ring (bicyclic) bond motifs is 3. The number of hydrogen-bond donors (Lipinski definition) is 2. The molecule has 1 aromatic carbocycles. The fourth-order valence-corrected chi connectivity index (χ4v) is 5.16. The Labute approximate surface area is 162 Å². The van der Waals surface area contributed by atoms with Crippen LogP contribution >= 0.6 is 0 Å². The lowest BCUT2D eigenvalue weighted by atomic mass is 9.65. The molecule has 0 saturated heterocycles. The lowest BCUT2D eigenvalue weighted by Crippen LogP contribution is -2.49. The van der Waals surface area contributed by atoms with Crippen molar-refractivity contribution in [2.75, 3.05) is 13.2 Å². The Hall–Kier alpha value is -1.75. The molecule has 0 aromatic heterocycles. The van der Waals surface area contributed by atoms with Crippen LogP contribution in [0, 0.1) is 23.7 Å². The first kappa shape index (κ1) is 18.6. The van der Waals surface area contributed by atoms with Crippen LogP contribution in [0.4, 0.5) is 0 Å². The second-order valence-electron chi connectivity index (χ2n) is 8.83. The van der Waals surface area contributed by atoms with E-state index in [1.807, 2.05) is 18.2 Å². The number of ether oxygens (including phenoxy) is 2. The van der Waals surface area contributed by atoms with E-state index in [-0.39, 0.29) is 17.9 Å². The summed E-state index contributed by atoms with van der Waals surface area (Å²) in [5.41, 5.74) is 7.47. The van der Waals surface area contributed by atoms with Gasteiger partial charge in [0.05, 0.1) is 6.04 Å². The third-order valence-electron chi connectivity index (χ3n) is 6.67. The summed E-state index contributed by atoms with van der Waals surface area (Å²) in [6, 6.07) is 6.29. The van der Waals surface area contributed by atoms with Crippen LogP contribution in [0.5, 0.6) is 11.5 Å². The topological polar surface area (TPSA) is 73.6 Å². The van der Waals surface area contributed by atoms with Gasteiger partial charge in [0.1, 0.15) is 13.2 Å². The number of carbonyl (C=O) groups is 1. The van der Waals surface area contributed by atoms with Crippen LogP contribution in [0.1, 0.15) is 57.6 Å². The number of benzene rings is 1. The van der Waals surface area contributed by atoms with Gasteiger partial charge in [-0.15, -0.1) is 0 Å². The Morgan fingerprint density at radius 2 is 1.78 bits per heavy atom. The van der Waals surface area contributed by atoms with Gasteiger partial charge < -0.3 is 20.5 Å². The van der Waals surface area contributed by atoms with Crippen molar-refractivity contribution in [2.45, 2.75) is 58.0 Å². The molecule has 4 rings (SSSR count). The van der Waals surface area contributed by atoms with E-state index >= 15 is 0 Å². The van der Waals surface area contributed by atoms with Crippen LogP contribution in [0.25, 0.3) is 0 Å². The number of hydrogen-bond acceptors (Lipinski definition) is 4. The average molecular weight is 373 g/mol. The first-order chi connectivity index (χ1) is 13.0. The molecule has 5 nitrogen and oxygen atoms in total. The Balaban J connectivity index is 1.48. The fraction of sp³-hybridized carbons (Fsp3) is 0.682. The first-order valence-corrected chi connectivity index (χ1v) is 10.5. The summed E-state index contributed by atoms with van der Waals surface area (Å²) >= 11 is 0. The predicted octanol–water partition coefficient (Wildman–Crippen LogP) is 3.42. The van der Waals surface area contributed by atoms with Crippen LogP contribution in [-0.4, -0.2) is 25.2 Å². The predicted molar refractivity (Wildman–Crippen MR) is 105 cm³/mol. The highest BCUT2D eigenvalue weighted by atomic mass is 16.6. The molecule has 148 valence electrons. The van der Waals surface area contributed by atoms with E-state index in [9.17, 15) is 4.79 Å². The van der Waals surface area contributed by atoms with Gasteiger partial charge in [-0.25, -0.2) is 0 Å². The lowest BCUT2D eigenvalue weighted by Gasteiger charge is -2.43. The molecule has 2 saturated carbocycles. The van der Waals surface area contributed by atoms with Crippen molar-refractivity contribution in [1.29, 1.82) is 0 Å². The van der Waals surface area contributed by atoms with E-state index < -0.39 is 0 Å². The highest BCUT2D eigenvalue weighted by Gasteiger charge is 2.41. The van der Waals surface area contributed by atoms with Crippen LogP contribution in [0.2, 0.25) is 0 Å². The molecule has 5 heteroatoms. The van der Waals surface area contributed by atoms with Gasteiger partial charge in [-0.2, -0.15) is 0 Å². The maximum atomic E-state index is 13.1. The van der Waals surface area contributed by atoms with Crippen molar-refractivity contribution in [3.05, 3.63) is 23.8 Å². The van der Waals surface area contributed by atoms with Gasteiger partial charge in [0.15, 0.2) is 11.5 Å². The Morgan fingerprint density at radius 1 is 1.11 bits per heavy atom. The molecule has 0 radical (unpaired) electrons. The normalized spacial score (nSPS) is 30.7. The summed E-state index contributed by atoms with van der Waals surface area (Å²) in [6.45, 7) is 5.45. The Kier molecular flexibility index (Phi) is 5.31. The first-order valence-electron chi connectivity index (χ1n) is 10.5. The summed E-state index contributed by atoms with van der Waals surface area (Å²) < 4.78 is 11.3. The van der Waals surface area contributed by atoms with Gasteiger partial charge >= 0.3 is 0 Å². The molecule has 2 fully saturated rings. The Bertz CT molecular complexity index is 676. The van der Waals surface area contributed by atoms with Crippen molar-refractivity contribution < 1.29 is 14.3 Å². The van der Waals surface area contributed by atoms with Crippen molar-refractivity contribution in [3.8, 4) is 11.5 Å². The van der Waals surface area contributed by atoms with E-state index in [1.54, 1.807) is 0 Å². The van der Waals surface area contributed by atoms with Crippen LogP contribution in [0.3, 0.4) is 0 Å². The highest BCUT2D eigenvalue weighted by molar-refractivity contribution is 5.79. The zero-order valence-electron chi connectivity index (χ0n) is 16.4. The number of rotatable bonds is 4. The SMILES string of the molecule is CC(C)C(NC(=O)C1CC2CCCC(C1)C2N)c1ccc2c(c1)OCCO2. The highest BCUT2D eigenvalue weighted by Crippen LogP contribution is 2.42. The van der Waals surface area contributed by atoms with Gasteiger partial charge in [0, 0.05) is 12.0 Å². The minimum atomic E-state index is -0.0243. The van der Waals surface area contributed by atoms with E-state index in [2.05, 4.69) is 19.2 Å². The van der Waals surface area contributed by atoms with Gasteiger partial charge in [-0.05, 0) is 61.1 Å². The molecule has 3 unspecified atom stereocenters. The number of amides is 1. The number of nitrogens with one attached hydrogen (secondary N) is 1. The maximum absolute atomic E-state index is 13.1. The minimum Gasteiger partial charge on any atom is -0.486 e. The second kappa shape index (κ2) is 7.70. The molecule has 3 N–H and O–H groups in total. The summed E-state index contributed by atoms with van der Waals surface area (Å²) in [7, 11) is 0. The molecular weight excluding hydrogens is 340 g/mol. The van der Waals surface area contributed by atoms with E-state index in [1.165, 1.54) is 19.3 Å². The van der Waals surface area contributed by atoms with Crippen molar-refractivity contribution in [3.63, 3.8) is 0 Å². The van der Waals surface area contributed by atoms with Gasteiger partial charge in [-0.3, -0.25) is 4.79 Å². The number of nitrogens with two attached hydrogens (primary N) is 1. The van der Waals surface area contributed by atoms with E-state index in [4.69, 9.17) is 15.2 Å². The largest absolute Gasteiger partial charge is 0.486 e. The van der Waals surface area contributed by atoms with Gasteiger partial charge in [0.2, 0.25) is 5.91 Å². The maximum Gasteiger partial charge on any atom is 0.223 e. The third-order valence-corrected chi connectivity index (χ3v) is 6.67. The molecule has 1 heterocycles. The molecule has 1 aliphatic heterocycles. The molecule has 3 aliphatic rings. The smallest absolute Gasteiger partial charge is 0.223 e. The molecule has 2 aliphatic carbocycles. The van der Waals surface area contributed by atoms with Crippen molar-refractivity contribution in [2.24, 2.45) is 29.4 Å². The number of carbonyl (C=O) groups excluding carboxylic acids is 1. The van der Waals surface area contributed by atoms with Crippen molar-refractivity contribution in [1.82, 2.24) is 5.32 Å². The molecule has 2 bridgehead atoms.